The summed E-state index contributed by atoms with van der Waals surface area (Å²) < 4.78 is 4.82. The molecule has 0 saturated heterocycles. The van der Waals surface area contributed by atoms with Crippen LogP contribution in [0.1, 0.15) is 10.4 Å². The van der Waals surface area contributed by atoms with Crippen molar-refractivity contribution in [2.45, 2.75) is 0 Å². The van der Waals surface area contributed by atoms with Gasteiger partial charge in [0.25, 0.3) is 5.91 Å². The predicted octanol–water partition coefficient (Wildman–Crippen LogP) is 0.103. The highest BCUT2D eigenvalue weighted by Crippen LogP contribution is 2.07. The first kappa shape index (κ1) is 15.0. The normalized spacial score (nSPS) is 10.0. The minimum absolute atomic E-state index is 0.00687. The molecule has 0 aliphatic heterocycles. The molecule has 0 aromatic heterocycles. The first-order valence-electron chi connectivity index (χ1n) is 5.91. The van der Waals surface area contributed by atoms with Crippen LogP contribution >= 0.6 is 0 Å². The number of anilines is 1. The van der Waals surface area contributed by atoms with Crippen molar-refractivity contribution >= 4 is 17.5 Å². The van der Waals surface area contributed by atoms with Gasteiger partial charge in [0.05, 0.1) is 13.2 Å². The maximum absolute atomic E-state index is 12.0. The van der Waals surface area contributed by atoms with Gasteiger partial charge < -0.3 is 20.7 Å². The SMILES string of the molecule is COCCNC(=O)CN(C)C(=O)c1ccc(N)cc1. The number of nitrogens with one attached hydrogen (secondary N) is 1. The molecule has 0 unspecified atom stereocenters. The number of nitrogens with two attached hydrogens (primary N) is 1. The Hall–Kier alpha value is -2.08. The van der Waals surface area contributed by atoms with E-state index in [4.69, 9.17) is 10.5 Å². The summed E-state index contributed by atoms with van der Waals surface area (Å²) in [4.78, 5) is 24.9. The second kappa shape index (κ2) is 7.38. The molecule has 0 bridgehead atoms. The van der Waals surface area contributed by atoms with Crippen molar-refractivity contribution in [3.05, 3.63) is 29.8 Å². The van der Waals surface area contributed by atoms with Crippen LogP contribution in [-0.4, -0.2) is 50.6 Å². The molecule has 1 rings (SSSR count). The van der Waals surface area contributed by atoms with Gasteiger partial charge >= 0.3 is 0 Å². The standard InChI is InChI=1S/C13H19N3O3/c1-16(9-12(17)15-7-8-19-2)13(18)10-3-5-11(14)6-4-10/h3-6H,7-9,14H2,1-2H3,(H,15,17). The number of hydrogen-bond donors (Lipinski definition) is 2. The summed E-state index contributed by atoms with van der Waals surface area (Å²) in [6, 6.07) is 6.58. The number of carbonyl (C=O) groups excluding carboxylic acids is 2. The Morgan fingerprint density at radius 2 is 1.95 bits per heavy atom. The summed E-state index contributed by atoms with van der Waals surface area (Å²) in [5.41, 5.74) is 6.65. The summed E-state index contributed by atoms with van der Waals surface area (Å²) in [7, 11) is 3.14. The van der Waals surface area contributed by atoms with Crippen LogP contribution in [0.3, 0.4) is 0 Å². The molecular weight excluding hydrogens is 246 g/mol. The highest BCUT2D eigenvalue weighted by Gasteiger charge is 2.14. The van der Waals surface area contributed by atoms with Crippen molar-refractivity contribution in [3.8, 4) is 0 Å². The molecule has 0 radical (unpaired) electrons. The van der Waals surface area contributed by atoms with Crippen LogP contribution in [0.5, 0.6) is 0 Å². The van der Waals surface area contributed by atoms with Gasteiger partial charge in [0.2, 0.25) is 5.91 Å². The molecule has 6 nitrogen and oxygen atoms in total. The number of nitrogen functional groups attached to an aromatic ring is 1. The van der Waals surface area contributed by atoms with E-state index in [1.807, 2.05) is 0 Å². The van der Waals surface area contributed by atoms with E-state index in [1.54, 1.807) is 38.4 Å². The van der Waals surface area contributed by atoms with Crippen molar-refractivity contribution in [2.24, 2.45) is 0 Å². The highest BCUT2D eigenvalue weighted by atomic mass is 16.5. The molecule has 0 spiro atoms. The van der Waals surface area contributed by atoms with Crippen LogP contribution in [0.15, 0.2) is 24.3 Å². The summed E-state index contributed by atoms with van der Waals surface area (Å²) in [6.07, 6.45) is 0. The molecule has 0 heterocycles. The fourth-order valence-electron chi connectivity index (χ4n) is 1.48. The van der Waals surface area contributed by atoms with Gasteiger partial charge in [-0.25, -0.2) is 0 Å². The molecule has 0 saturated carbocycles. The average Bonchev–Trinajstić information content (AvgIpc) is 2.39. The number of rotatable bonds is 6. The first-order valence-corrected chi connectivity index (χ1v) is 5.91. The van der Waals surface area contributed by atoms with Crippen LogP contribution in [0.25, 0.3) is 0 Å². The van der Waals surface area contributed by atoms with Crippen molar-refractivity contribution in [2.75, 3.05) is 39.6 Å². The summed E-state index contributed by atoms with van der Waals surface area (Å²) in [6.45, 7) is 0.882. The van der Waals surface area contributed by atoms with Crippen molar-refractivity contribution in [1.82, 2.24) is 10.2 Å². The van der Waals surface area contributed by atoms with Gasteiger partial charge in [-0.15, -0.1) is 0 Å². The largest absolute Gasteiger partial charge is 0.399 e. The quantitative estimate of drug-likeness (QED) is 0.564. The van der Waals surface area contributed by atoms with E-state index in [2.05, 4.69) is 5.32 Å². The van der Waals surface area contributed by atoms with E-state index in [0.29, 0.717) is 24.4 Å². The number of benzene rings is 1. The molecule has 104 valence electrons. The zero-order valence-electron chi connectivity index (χ0n) is 11.2. The number of amides is 2. The lowest BCUT2D eigenvalue weighted by Crippen LogP contribution is -2.39. The highest BCUT2D eigenvalue weighted by molar-refractivity contribution is 5.96. The van der Waals surface area contributed by atoms with E-state index in [1.165, 1.54) is 4.90 Å². The molecule has 3 N–H and O–H groups in total. The average molecular weight is 265 g/mol. The lowest BCUT2D eigenvalue weighted by atomic mass is 10.2. The number of hydrogen-bond acceptors (Lipinski definition) is 4. The van der Waals surface area contributed by atoms with Gasteiger partial charge in [0.1, 0.15) is 0 Å². The molecule has 19 heavy (non-hydrogen) atoms. The molecule has 2 amide bonds. The Balaban J connectivity index is 2.48. The van der Waals surface area contributed by atoms with E-state index < -0.39 is 0 Å². The van der Waals surface area contributed by atoms with Crippen molar-refractivity contribution in [1.29, 1.82) is 0 Å². The number of methoxy groups -OCH3 is 1. The minimum atomic E-state index is -0.220. The summed E-state index contributed by atoms with van der Waals surface area (Å²) in [5, 5.41) is 2.65. The smallest absolute Gasteiger partial charge is 0.254 e. The summed E-state index contributed by atoms with van der Waals surface area (Å²) in [5.74, 6) is -0.440. The molecule has 0 fully saturated rings. The van der Waals surface area contributed by atoms with Gasteiger partial charge in [-0.2, -0.15) is 0 Å². The van der Waals surface area contributed by atoms with Crippen LogP contribution in [0.2, 0.25) is 0 Å². The van der Waals surface area contributed by atoms with E-state index >= 15 is 0 Å². The maximum atomic E-state index is 12.0. The molecule has 1 aromatic carbocycles. The number of ether oxygens (including phenoxy) is 1. The third kappa shape index (κ3) is 4.97. The predicted molar refractivity (Wildman–Crippen MR) is 72.7 cm³/mol. The van der Waals surface area contributed by atoms with Gasteiger partial charge in [0.15, 0.2) is 0 Å². The van der Waals surface area contributed by atoms with Crippen LogP contribution in [0.4, 0.5) is 5.69 Å². The fraction of sp³-hybridized carbons (Fsp3) is 0.385. The Labute approximate surface area is 112 Å². The number of likely N-dealkylation sites (N-methyl/N-ethyl adjacent to an activating group) is 1. The van der Waals surface area contributed by atoms with Gasteiger partial charge in [-0.3, -0.25) is 9.59 Å². The van der Waals surface area contributed by atoms with E-state index in [0.717, 1.165) is 0 Å². The Morgan fingerprint density at radius 3 is 2.53 bits per heavy atom. The number of carbonyl (C=O) groups is 2. The van der Waals surface area contributed by atoms with Gasteiger partial charge in [0, 0.05) is 32.0 Å². The van der Waals surface area contributed by atoms with Crippen molar-refractivity contribution in [3.63, 3.8) is 0 Å². The fourth-order valence-corrected chi connectivity index (χ4v) is 1.48. The van der Waals surface area contributed by atoms with E-state index in [9.17, 15) is 9.59 Å². The topological polar surface area (TPSA) is 84.7 Å². The molecule has 6 heteroatoms. The third-order valence-corrected chi connectivity index (χ3v) is 2.51. The second-order valence-electron chi connectivity index (χ2n) is 4.13. The van der Waals surface area contributed by atoms with Crippen LogP contribution < -0.4 is 11.1 Å². The number of nitrogens with zero attached hydrogens (tertiary/aromatic N) is 1. The first-order chi connectivity index (χ1) is 9.04. The summed E-state index contributed by atoms with van der Waals surface area (Å²) >= 11 is 0. The molecular formula is C13H19N3O3. The molecule has 1 aromatic rings. The molecule has 0 aliphatic carbocycles. The zero-order valence-corrected chi connectivity index (χ0v) is 11.2. The molecule has 0 aliphatic rings. The zero-order chi connectivity index (χ0) is 14.3. The van der Waals surface area contributed by atoms with Crippen molar-refractivity contribution < 1.29 is 14.3 Å². The van der Waals surface area contributed by atoms with Gasteiger partial charge in [-0.1, -0.05) is 0 Å². The lowest BCUT2D eigenvalue weighted by Gasteiger charge is -2.16. The monoisotopic (exact) mass is 265 g/mol. The van der Waals surface area contributed by atoms with Gasteiger partial charge in [-0.05, 0) is 24.3 Å². The Kier molecular flexibility index (Phi) is 5.81. The third-order valence-electron chi connectivity index (χ3n) is 2.51. The second-order valence-corrected chi connectivity index (χ2v) is 4.13. The van der Waals surface area contributed by atoms with E-state index in [-0.39, 0.29) is 18.4 Å². The van der Waals surface area contributed by atoms with Crippen LogP contribution in [-0.2, 0) is 9.53 Å². The lowest BCUT2D eigenvalue weighted by molar-refractivity contribution is -0.121. The maximum Gasteiger partial charge on any atom is 0.254 e. The minimum Gasteiger partial charge on any atom is -0.399 e. The Morgan fingerprint density at radius 1 is 1.32 bits per heavy atom. The molecule has 0 atom stereocenters. The Bertz CT molecular complexity index is 431. The van der Waals surface area contributed by atoms with Crippen LogP contribution in [0, 0.1) is 0 Å².